The summed E-state index contributed by atoms with van der Waals surface area (Å²) in [4.78, 5) is 16.5. The van der Waals surface area contributed by atoms with Crippen LogP contribution in [0.3, 0.4) is 0 Å². The fourth-order valence-electron chi connectivity index (χ4n) is 2.81. The first-order valence-electron chi connectivity index (χ1n) is 8.23. The topological polar surface area (TPSA) is 101 Å². The molecule has 0 bridgehead atoms. The van der Waals surface area contributed by atoms with Crippen LogP contribution in [0.4, 0.5) is 5.69 Å². The molecule has 0 radical (unpaired) electrons. The largest absolute Gasteiger partial charge is 0.478 e. The van der Waals surface area contributed by atoms with Gasteiger partial charge in [-0.3, -0.25) is 9.12 Å². The monoisotopic (exact) mass is 413 g/mol. The third kappa shape index (κ3) is 3.37. The summed E-state index contributed by atoms with van der Waals surface area (Å²) in [6, 6.07) is 10.9. The molecular formula is C19H15N3O4S2. The average Bonchev–Trinajstić information content (AvgIpc) is 3.24. The second-order valence-corrected chi connectivity index (χ2v) is 8.71. The summed E-state index contributed by atoms with van der Waals surface area (Å²) in [6.07, 6.45) is 3.83. The molecule has 2 heterocycles. The van der Waals surface area contributed by atoms with Crippen molar-refractivity contribution in [3.63, 3.8) is 0 Å². The number of anilines is 1. The Morgan fingerprint density at radius 2 is 1.93 bits per heavy atom. The number of aryl methyl sites for hydroxylation is 1. The molecular weight excluding hydrogens is 398 g/mol. The highest BCUT2D eigenvalue weighted by Crippen LogP contribution is 2.25. The van der Waals surface area contributed by atoms with Crippen LogP contribution in [0.1, 0.15) is 15.9 Å². The summed E-state index contributed by atoms with van der Waals surface area (Å²) >= 11 is 1.53. The fraction of sp³-hybridized carbons (Fsp3) is 0.0526. The molecule has 0 aliphatic heterocycles. The van der Waals surface area contributed by atoms with Crippen molar-refractivity contribution in [2.24, 2.45) is 0 Å². The first kappa shape index (κ1) is 18.2. The number of thiazole rings is 1. The number of imidazole rings is 1. The standard InChI is InChI=1S/C19H15N3O4S2/c1-12-2-3-14(18(23)24)10-17(12)28(25,26)21-15-6-4-13(5-7-15)16-11-22-8-9-27-19(22)20-16/h2-11,21H,1H3,(H,23,24). The van der Waals surface area contributed by atoms with Crippen LogP contribution in [0.5, 0.6) is 0 Å². The van der Waals surface area contributed by atoms with E-state index in [9.17, 15) is 13.2 Å². The maximum atomic E-state index is 12.7. The molecule has 4 aromatic rings. The number of hydrogen-bond acceptors (Lipinski definition) is 5. The van der Waals surface area contributed by atoms with Gasteiger partial charge in [0.1, 0.15) is 0 Å². The molecule has 0 unspecified atom stereocenters. The number of rotatable bonds is 5. The molecule has 0 amide bonds. The summed E-state index contributed by atoms with van der Waals surface area (Å²) in [5, 5.41) is 11.1. The van der Waals surface area contributed by atoms with E-state index in [0.717, 1.165) is 22.3 Å². The Kier molecular flexibility index (Phi) is 4.40. The van der Waals surface area contributed by atoms with Gasteiger partial charge < -0.3 is 5.11 Å². The van der Waals surface area contributed by atoms with Gasteiger partial charge in [-0.05, 0) is 36.8 Å². The maximum absolute atomic E-state index is 12.7. The van der Waals surface area contributed by atoms with Gasteiger partial charge in [0.05, 0.1) is 16.2 Å². The van der Waals surface area contributed by atoms with E-state index < -0.39 is 16.0 Å². The minimum absolute atomic E-state index is 0.0641. The highest BCUT2D eigenvalue weighted by molar-refractivity contribution is 7.92. The number of carboxylic acid groups (broad SMARTS) is 1. The van der Waals surface area contributed by atoms with Crippen LogP contribution in [0, 0.1) is 6.92 Å². The highest BCUT2D eigenvalue weighted by Gasteiger charge is 2.19. The third-order valence-corrected chi connectivity index (χ3v) is 6.54. The number of aromatic carboxylic acids is 1. The van der Waals surface area contributed by atoms with Gasteiger partial charge in [-0.1, -0.05) is 18.2 Å². The molecule has 0 saturated carbocycles. The minimum Gasteiger partial charge on any atom is -0.478 e. The quantitative estimate of drug-likeness (QED) is 0.517. The number of fused-ring (bicyclic) bond motifs is 1. The predicted molar refractivity (Wildman–Crippen MR) is 107 cm³/mol. The Morgan fingerprint density at radius 3 is 2.61 bits per heavy atom. The molecule has 0 atom stereocenters. The Labute approximate surface area is 165 Å². The van der Waals surface area contributed by atoms with Gasteiger partial charge in [0.25, 0.3) is 10.0 Å². The molecule has 0 spiro atoms. The lowest BCUT2D eigenvalue weighted by atomic mass is 10.1. The number of aromatic nitrogens is 2. The van der Waals surface area contributed by atoms with Crippen molar-refractivity contribution in [3.05, 3.63) is 71.4 Å². The van der Waals surface area contributed by atoms with E-state index in [0.29, 0.717) is 11.3 Å². The van der Waals surface area contributed by atoms with Crippen LogP contribution < -0.4 is 4.72 Å². The number of benzene rings is 2. The highest BCUT2D eigenvalue weighted by atomic mass is 32.2. The van der Waals surface area contributed by atoms with E-state index in [2.05, 4.69) is 9.71 Å². The zero-order valence-electron chi connectivity index (χ0n) is 14.7. The zero-order valence-corrected chi connectivity index (χ0v) is 16.3. The lowest BCUT2D eigenvalue weighted by Gasteiger charge is -2.11. The molecule has 4 rings (SSSR count). The molecule has 28 heavy (non-hydrogen) atoms. The van der Waals surface area contributed by atoms with Crippen LogP contribution >= 0.6 is 11.3 Å². The summed E-state index contributed by atoms with van der Waals surface area (Å²) in [5.74, 6) is -1.18. The second-order valence-electron chi connectivity index (χ2n) is 6.19. The van der Waals surface area contributed by atoms with E-state index in [1.165, 1.54) is 23.5 Å². The van der Waals surface area contributed by atoms with Crippen molar-refractivity contribution >= 4 is 38.0 Å². The SMILES string of the molecule is Cc1ccc(C(=O)O)cc1S(=O)(=O)Nc1ccc(-c2cn3ccsc3n2)cc1. The number of carboxylic acids is 1. The molecule has 2 aromatic heterocycles. The van der Waals surface area contributed by atoms with Gasteiger partial charge in [-0.2, -0.15) is 0 Å². The van der Waals surface area contributed by atoms with E-state index >= 15 is 0 Å². The Morgan fingerprint density at radius 1 is 1.18 bits per heavy atom. The van der Waals surface area contributed by atoms with E-state index in [1.807, 2.05) is 22.2 Å². The van der Waals surface area contributed by atoms with Crippen molar-refractivity contribution in [1.82, 2.24) is 9.38 Å². The molecule has 2 N–H and O–H groups in total. The van der Waals surface area contributed by atoms with E-state index in [-0.39, 0.29) is 10.5 Å². The lowest BCUT2D eigenvalue weighted by Crippen LogP contribution is -2.15. The molecule has 142 valence electrons. The first-order valence-corrected chi connectivity index (χ1v) is 10.6. The van der Waals surface area contributed by atoms with Crippen LogP contribution in [0.2, 0.25) is 0 Å². The van der Waals surface area contributed by atoms with Gasteiger partial charge in [-0.25, -0.2) is 18.2 Å². The molecule has 0 aliphatic carbocycles. The fourth-order valence-corrected chi connectivity index (χ4v) is 4.84. The van der Waals surface area contributed by atoms with Gasteiger partial charge in [-0.15, -0.1) is 11.3 Å². The molecule has 0 saturated heterocycles. The van der Waals surface area contributed by atoms with Crippen molar-refractivity contribution < 1.29 is 18.3 Å². The van der Waals surface area contributed by atoms with Gasteiger partial charge in [0, 0.05) is 29.0 Å². The molecule has 2 aromatic carbocycles. The van der Waals surface area contributed by atoms with Crippen LogP contribution in [0.25, 0.3) is 16.2 Å². The van der Waals surface area contributed by atoms with Gasteiger partial charge in [0.15, 0.2) is 4.96 Å². The third-order valence-electron chi connectivity index (χ3n) is 4.25. The van der Waals surface area contributed by atoms with E-state index in [4.69, 9.17) is 5.11 Å². The van der Waals surface area contributed by atoms with Crippen molar-refractivity contribution in [3.8, 4) is 11.3 Å². The summed E-state index contributed by atoms with van der Waals surface area (Å²) in [6.45, 7) is 1.62. The number of nitrogens with one attached hydrogen (secondary N) is 1. The number of carbonyl (C=O) groups is 1. The predicted octanol–water partition coefficient (Wildman–Crippen LogP) is 3.87. The van der Waals surface area contributed by atoms with Crippen molar-refractivity contribution in [1.29, 1.82) is 0 Å². The normalized spacial score (nSPS) is 11.6. The Bertz CT molecular complexity index is 1260. The summed E-state index contributed by atoms with van der Waals surface area (Å²) < 4.78 is 29.9. The number of sulfonamides is 1. The van der Waals surface area contributed by atoms with Gasteiger partial charge in [0.2, 0.25) is 0 Å². The minimum atomic E-state index is -3.92. The summed E-state index contributed by atoms with van der Waals surface area (Å²) in [7, 11) is -3.92. The molecule has 9 heteroatoms. The Hall–Kier alpha value is -3.17. The van der Waals surface area contributed by atoms with Gasteiger partial charge >= 0.3 is 5.97 Å². The summed E-state index contributed by atoms with van der Waals surface area (Å²) in [5.41, 5.74) is 2.42. The molecule has 0 aliphatic rings. The lowest BCUT2D eigenvalue weighted by molar-refractivity contribution is 0.0696. The smallest absolute Gasteiger partial charge is 0.335 e. The van der Waals surface area contributed by atoms with Crippen LogP contribution in [0.15, 0.2) is 65.1 Å². The average molecular weight is 413 g/mol. The first-order chi connectivity index (χ1) is 13.3. The van der Waals surface area contributed by atoms with Crippen molar-refractivity contribution in [2.75, 3.05) is 4.72 Å². The van der Waals surface area contributed by atoms with E-state index in [1.54, 1.807) is 31.2 Å². The Balaban J connectivity index is 1.61. The van der Waals surface area contributed by atoms with Crippen LogP contribution in [-0.4, -0.2) is 28.9 Å². The maximum Gasteiger partial charge on any atom is 0.335 e. The second kappa shape index (κ2) is 6.77. The number of nitrogens with zero attached hydrogens (tertiary/aromatic N) is 2. The molecule has 7 nitrogen and oxygen atoms in total. The molecule has 0 fully saturated rings. The number of hydrogen-bond donors (Lipinski definition) is 2. The van der Waals surface area contributed by atoms with Crippen LogP contribution in [-0.2, 0) is 10.0 Å². The zero-order chi connectivity index (χ0) is 19.9. The van der Waals surface area contributed by atoms with Crippen molar-refractivity contribution in [2.45, 2.75) is 11.8 Å².